The Bertz CT molecular complexity index is 552. The Hall–Kier alpha value is -1.68. The highest BCUT2D eigenvalue weighted by atomic mass is 16.5. The molecule has 0 spiro atoms. The lowest BCUT2D eigenvalue weighted by atomic mass is 10.1. The molecule has 1 aliphatic heterocycles. The Morgan fingerprint density at radius 1 is 1.67 bits per heavy atom. The van der Waals surface area contributed by atoms with Gasteiger partial charge in [0.1, 0.15) is 12.2 Å². The first-order valence-electron chi connectivity index (χ1n) is 5.16. The van der Waals surface area contributed by atoms with Crippen LogP contribution in [-0.2, 0) is 10.5 Å². The molecule has 1 fully saturated rings. The highest BCUT2D eigenvalue weighted by molar-refractivity contribution is 4.97. The molecule has 0 amide bonds. The number of hydrogen-bond donors (Lipinski definition) is 5. The summed E-state index contributed by atoms with van der Waals surface area (Å²) in [5, 5.41) is 40.8. The van der Waals surface area contributed by atoms with Gasteiger partial charge < -0.3 is 25.3 Å². The van der Waals surface area contributed by atoms with E-state index in [-0.39, 0.29) is 12.2 Å². The molecule has 0 aromatic carbocycles. The van der Waals surface area contributed by atoms with Gasteiger partial charge in [-0.25, -0.2) is 0 Å². The van der Waals surface area contributed by atoms with E-state index in [0.29, 0.717) is 0 Å². The van der Waals surface area contributed by atoms with Crippen molar-refractivity contribution in [3.05, 3.63) is 28.2 Å². The second kappa shape index (κ2) is 4.53. The molecule has 0 saturated carbocycles. The fourth-order valence-corrected chi connectivity index (χ4v) is 1.88. The molecule has 9 nitrogen and oxygen atoms in total. The van der Waals surface area contributed by atoms with Crippen molar-refractivity contribution in [1.82, 2.24) is 9.55 Å². The molecule has 3 atom stereocenters. The van der Waals surface area contributed by atoms with Crippen molar-refractivity contribution in [3.8, 4) is 0 Å². The molecule has 1 aromatic rings. The lowest BCUT2D eigenvalue weighted by Gasteiger charge is -2.28. The van der Waals surface area contributed by atoms with E-state index in [4.69, 9.17) is 15.1 Å². The van der Waals surface area contributed by atoms with Crippen LogP contribution in [0.2, 0.25) is 0 Å². The summed E-state index contributed by atoms with van der Waals surface area (Å²) in [6.45, 7) is -0.794. The molecule has 0 radical (unpaired) electrons. The largest absolute Gasteiger partial charge is 0.408 e. The number of ether oxygens (including phenoxy) is 1. The van der Waals surface area contributed by atoms with Crippen LogP contribution < -0.4 is 11.2 Å². The normalized spacial score (nSPS) is 32.9. The summed E-state index contributed by atoms with van der Waals surface area (Å²) in [6, 6.07) is 1.09. The first-order valence-corrected chi connectivity index (χ1v) is 5.16. The van der Waals surface area contributed by atoms with Crippen molar-refractivity contribution in [2.75, 3.05) is 13.2 Å². The first kappa shape index (κ1) is 12.8. The maximum Gasteiger partial charge on any atom is 0.252 e. The van der Waals surface area contributed by atoms with Gasteiger partial charge in [0, 0.05) is 12.3 Å². The van der Waals surface area contributed by atoms with E-state index in [1.165, 1.54) is 0 Å². The van der Waals surface area contributed by atoms with Crippen LogP contribution in [0.1, 0.15) is 0 Å². The van der Waals surface area contributed by atoms with Crippen LogP contribution in [0.4, 0.5) is 0 Å². The van der Waals surface area contributed by atoms with Crippen molar-refractivity contribution >= 4 is 0 Å². The average Bonchev–Trinajstić information content (AvgIpc) is 2.66. The van der Waals surface area contributed by atoms with Gasteiger partial charge in [0.25, 0.3) is 5.56 Å². The van der Waals surface area contributed by atoms with E-state index < -0.39 is 30.1 Å². The minimum Gasteiger partial charge on any atom is -0.408 e. The molecule has 1 aromatic heterocycles. The Morgan fingerprint density at radius 3 is 2.94 bits per heavy atom. The molecular weight excluding hydrogens is 246 g/mol. The molecule has 18 heavy (non-hydrogen) atoms. The summed E-state index contributed by atoms with van der Waals surface area (Å²) in [4.78, 5) is 13.2. The molecule has 1 saturated heterocycles. The van der Waals surface area contributed by atoms with Crippen molar-refractivity contribution in [2.45, 2.75) is 17.9 Å². The molecule has 1 unspecified atom stereocenters. The summed E-state index contributed by atoms with van der Waals surface area (Å²) >= 11 is 0. The maximum absolute atomic E-state index is 11.1. The molecule has 2 heterocycles. The number of rotatable bonds is 2. The van der Waals surface area contributed by atoms with Gasteiger partial charge in [-0.1, -0.05) is 5.16 Å². The number of nitrogens with zero attached hydrogens (tertiary/aromatic N) is 2. The van der Waals surface area contributed by atoms with E-state index in [0.717, 1.165) is 16.8 Å². The topological polar surface area (TPSA) is 140 Å². The van der Waals surface area contributed by atoms with Crippen LogP contribution in [-0.4, -0.2) is 55.5 Å². The Labute approximate surface area is 100 Å². The number of aliphatic hydroxyl groups is 3. The molecule has 5 N–H and O–H groups in total. The predicted molar refractivity (Wildman–Crippen MR) is 55.4 cm³/mol. The highest BCUT2D eigenvalue weighted by Crippen LogP contribution is 2.27. The monoisotopic (exact) mass is 259 g/mol. The van der Waals surface area contributed by atoms with Crippen molar-refractivity contribution in [2.24, 2.45) is 5.16 Å². The summed E-state index contributed by atoms with van der Waals surface area (Å²) in [6.07, 6.45) is -1.24. The minimum atomic E-state index is -1.93. The van der Waals surface area contributed by atoms with E-state index in [1.54, 1.807) is 0 Å². The van der Waals surface area contributed by atoms with Crippen molar-refractivity contribution in [1.29, 1.82) is 0 Å². The Balaban J connectivity index is 2.52. The number of nitrogens with one attached hydrogen (secondary N) is 1. The van der Waals surface area contributed by atoms with Crippen LogP contribution >= 0.6 is 0 Å². The SMILES string of the molecule is O=c1ccn([C@@]2(O)COC(CO)[C@H]2O)/c(=N/O)[nH]1. The van der Waals surface area contributed by atoms with Gasteiger partial charge in [-0.05, 0) is 0 Å². The number of H-pyrrole nitrogens is 1. The van der Waals surface area contributed by atoms with Crippen LogP contribution in [0.15, 0.2) is 22.2 Å². The second-order valence-corrected chi connectivity index (χ2v) is 3.95. The molecule has 2 rings (SSSR count). The lowest BCUT2D eigenvalue weighted by Crippen LogP contribution is -2.52. The van der Waals surface area contributed by atoms with Gasteiger partial charge in [0.2, 0.25) is 5.62 Å². The first-order chi connectivity index (χ1) is 8.52. The van der Waals surface area contributed by atoms with Crippen LogP contribution in [0, 0.1) is 0 Å². The van der Waals surface area contributed by atoms with Gasteiger partial charge in [0.05, 0.1) is 13.2 Å². The highest BCUT2D eigenvalue weighted by Gasteiger charge is 2.49. The number of hydrogen-bond acceptors (Lipinski definition) is 7. The summed E-state index contributed by atoms with van der Waals surface area (Å²) in [5.74, 6) is 0. The Morgan fingerprint density at radius 2 is 2.39 bits per heavy atom. The molecule has 0 bridgehead atoms. The third kappa shape index (κ3) is 1.82. The summed E-state index contributed by atoms with van der Waals surface area (Å²) < 4.78 is 5.99. The molecular formula is C9H13N3O6. The molecule has 1 aliphatic rings. The zero-order valence-electron chi connectivity index (χ0n) is 9.22. The number of aliphatic hydroxyl groups excluding tert-OH is 2. The number of aromatic nitrogens is 2. The average molecular weight is 259 g/mol. The van der Waals surface area contributed by atoms with Crippen molar-refractivity contribution < 1.29 is 25.3 Å². The third-order valence-corrected chi connectivity index (χ3v) is 2.87. The van der Waals surface area contributed by atoms with Gasteiger partial charge in [-0.15, -0.1) is 0 Å². The van der Waals surface area contributed by atoms with Gasteiger partial charge in [0.15, 0.2) is 5.72 Å². The molecule has 0 aliphatic carbocycles. The standard InChI is InChI=1S/C9H13N3O6/c13-3-5-7(15)9(16,4-18-5)12-2-1-6(14)10-8(12)11-17/h1-2,5,7,13,15-17H,3-4H2,(H,10,11,14)/t5?,7-,9-/m1/s1. The summed E-state index contributed by atoms with van der Waals surface area (Å²) in [5.41, 5.74) is -2.81. The Kier molecular flexibility index (Phi) is 3.22. The number of aromatic amines is 1. The van der Waals surface area contributed by atoms with Crippen LogP contribution in [0.25, 0.3) is 0 Å². The molecule has 9 heteroatoms. The van der Waals surface area contributed by atoms with Crippen LogP contribution in [0.5, 0.6) is 0 Å². The molecule has 100 valence electrons. The van der Waals surface area contributed by atoms with E-state index in [1.807, 2.05) is 0 Å². The van der Waals surface area contributed by atoms with Crippen molar-refractivity contribution in [3.63, 3.8) is 0 Å². The predicted octanol–water partition coefficient (Wildman–Crippen LogP) is -3.14. The van der Waals surface area contributed by atoms with E-state index >= 15 is 0 Å². The zero-order valence-corrected chi connectivity index (χ0v) is 9.22. The fourth-order valence-electron chi connectivity index (χ4n) is 1.88. The maximum atomic E-state index is 11.1. The van der Waals surface area contributed by atoms with Gasteiger partial charge in [-0.2, -0.15) is 0 Å². The zero-order chi connectivity index (χ0) is 13.3. The third-order valence-electron chi connectivity index (χ3n) is 2.87. The second-order valence-electron chi connectivity index (χ2n) is 3.95. The van der Waals surface area contributed by atoms with E-state index in [9.17, 15) is 15.0 Å². The quantitative estimate of drug-likeness (QED) is 0.281. The van der Waals surface area contributed by atoms with E-state index in [2.05, 4.69) is 10.1 Å². The fraction of sp³-hybridized carbons (Fsp3) is 0.556. The minimum absolute atomic E-state index is 0.321. The lowest BCUT2D eigenvalue weighted by molar-refractivity contribution is -0.116. The van der Waals surface area contributed by atoms with Gasteiger partial charge >= 0.3 is 0 Å². The van der Waals surface area contributed by atoms with Crippen LogP contribution in [0.3, 0.4) is 0 Å². The smallest absolute Gasteiger partial charge is 0.252 e. The summed E-state index contributed by atoms with van der Waals surface area (Å²) in [7, 11) is 0. The van der Waals surface area contributed by atoms with Gasteiger partial charge in [-0.3, -0.25) is 14.3 Å².